The van der Waals surface area contributed by atoms with E-state index in [4.69, 9.17) is 5.73 Å². The third-order valence-electron chi connectivity index (χ3n) is 7.33. The van der Waals surface area contributed by atoms with E-state index in [1.165, 1.54) is 17.7 Å². The van der Waals surface area contributed by atoms with Gasteiger partial charge in [-0.25, -0.2) is 14.4 Å². The van der Waals surface area contributed by atoms with Gasteiger partial charge < -0.3 is 20.9 Å². The van der Waals surface area contributed by atoms with E-state index < -0.39 is 0 Å². The SMILES string of the molecule is Cc1ccc2c(Cc3ccc(N4CCN(C)CC4)c(F)c3)nccc2c1NC(=O)c1csc2c(N)ncnc12. The van der Waals surface area contributed by atoms with Gasteiger partial charge in [-0.15, -0.1) is 11.3 Å². The molecule has 8 nitrogen and oxygen atoms in total. The zero-order valence-corrected chi connectivity index (χ0v) is 22.6. The zero-order chi connectivity index (χ0) is 27.1. The number of carbonyl (C=O) groups is 1. The average Bonchev–Trinajstić information content (AvgIpc) is 3.37. The summed E-state index contributed by atoms with van der Waals surface area (Å²) in [4.78, 5) is 30.6. The first-order valence-electron chi connectivity index (χ1n) is 12.8. The quantitative estimate of drug-likeness (QED) is 0.328. The minimum Gasteiger partial charge on any atom is -0.382 e. The summed E-state index contributed by atoms with van der Waals surface area (Å²) < 4.78 is 15.8. The van der Waals surface area contributed by atoms with Crippen molar-refractivity contribution in [3.63, 3.8) is 0 Å². The topological polar surface area (TPSA) is 100 Å². The Bertz CT molecular complexity index is 1710. The van der Waals surface area contributed by atoms with Gasteiger partial charge in [-0.2, -0.15) is 0 Å². The Balaban J connectivity index is 1.29. The van der Waals surface area contributed by atoms with Crippen LogP contribution >= 0.6 is 11.3 Å². The highest BCUT2D eigenvalue weighted by Crippen LogP contribution is 2.33. The number of likely N-dealkylation sites (N-methyl/N-ethyl adjacent to an activating group) is 1. The van der Waals surface area contributed by atoms with Gasteiger partial charge in [-0.3, -0.25) is 9.78 Å². The van der Waals surface area contributed by atoms with Gasteiger partial charge >= 0.3 is 0 Å². The Labute approximate surface area is 229 Å². The molecular formula is C29H28FN7OS. The summed E-state index contributed by atoms with van der Waals surface area (Å²) >= 11 is 1.35. The molecule has 0 spiro atoms. The van der Waals surface area contributed by atoms with E-state index >= 15 is 4.39 Å². The molecular weight excluding hydrogens is 513 g/mol. The number of thiophene rings is 1. The number of nitrogen functional groups attached to an aromatic ring is 1. The first-order chi connectivity index (χ1) is 18.9. The molecule has 1 amide bonds. The van der Waals surface area contributed by atoms with Crippen LogP contribution in [0.4, 0.5) is 21.6 Å². The second-order valence-corrected chi connectivity index (χ2v) is 10.8. The lowest BCUT2D eigenvalue weighted by atomic mass is 9.99. The largest absolute Gasteiger partial charge is 0.382 e. The summed E-state index contributed by atoms with van der Waals surface area (Å²) in [5.41, 5.74) is 10.9. The normalized spacial score (nSPS) is 14.3. The molecule has 1 aliphatic rings. The number of pyridine rings is 1. The van der Waals surface area contributed by atoms with Gasteiger partial charge in [-0.05, 0) is 43.3 Å². The van der Waals surface area contributed by atoms with Crippen molar-refractivity contribution in [2.75, 3.05) is 49.2 Å². The molecule has 0 unspecified atom stereocenters. The van der Waals surface area contributed by atoms with Crippen LogP contribution in [0, 0.1) is 12.7 Å². The van der Waals surface area contributed by atoms with Crippen LogP contribution in [0.3, 0.4) is 0 Å². The van der Waals surface area contributed by atoms with Gasteiger partial charge in [0.15, 0.2) is 0 Å². The molecule has 1 aliphatic heterocycles. The molecule has 0 atom stereocenters. The van der Waals surface area contributed by atoms with Gasteiger partial charge in [0.25, 0.3) is 5.91 Å². The second-order valence-electron chi connectivity index (χ2n) is 9.90. The Hall–Kier alpha value is -4.15. The van der Waals surface area contributed by atoms with Crippen LogP contribution in [0.25, 0.3) is 21.0 Å². The molecule has 198 valence electrons. The molecule has 0 radical (unpaired) electrons. The number of fused-ring (bicyclic) bond motifs is 2. The van der Waals surface area contributed by atoms with E-state index in [9.17, 15) is 4.79 Å². The highest BCUT2D eigenvalue weighted by atomic mass is 32.1. The molecule has 1 fully saturated rings. The Morgan fingerprint density at radius 1 is 1.08 bits per heavy atom. The molecule has 1 saturated heterocycles. The fourth-order valence-corrected chi connectivity index (χ4v) is 6.00. The maximum absolute atomic E-state index is 15.1. The van der Waals surface area contributed by atoms with Crippen LogP contribution in [0.5, 0.6) is 0 Å². The Kier molecular flexibility index (Phi) is 6.58. The molecule has 4 heterocycles. The van der Waals surface area contributed by atoms with E-state index in [-0.39, 0.29) is 11.7 Å². The van der Waals surface area contributed by atoms with Crippen LogP contribution in [-0.4, -0.2) is 59.0 Å². The predicted octanol–water partition coefficient (Wildman–Crippen LogP) is 4.86. The molecule has 0 bridgehead atoms. The van der Waals surface area contributed by atoms with E-state index in [2.05, 4.69) is 37.1 Å². The minimum absolute atomic E-state index is 0.214. The van der Waals surface area contributed by atoms with Crippen molar-refractivity contribution in [1.82, 2.24) is 19.9 Å². The van der Waals surface area contributed by atoms with Gasteiger partial charge in [0.05, 0.1) is 32.8 Å². The summed E-state index contributed by atoms with van der Waals surface area (Å²) in [5, 5.41) is 6.61. The van der Waals surface area contributed by atoms with Crippen LogP contribution < -0.4 is 16.0 Å². The number of nitrogens with zero attached hydrogens (tertiary/aromatic N) is 5. The van der Waals surface area contributed by atoms with Crippen molar-refractivity contribution in [2.45, 2.75) is 13.3 Å². The summed E-state index contributed by atoms with van der Waals surface area (Å²) in [5.74, 6) is -0.127. The summed E-state index contributed by atoms with van der Waals surface area (Å²) in [6, 6.07) is 11.3. The summed E-state index contributed by atoms with van der Waals surface area (Å²) in [6.07, 6.45) is 3.57. The molecule has 6 rings (SSSR count). The third-order valence-corrected chi connectivity index (χ3v) is 8.32. The number of hydrogen-bond acceptors (Lipinski definition) is 8. The van der Waals surface area contributed by atoms with E-state index in [1.807, 2.05) is 37.3 Å². The van der Waals surface area contributed by atoms with Crippen molar-refractivity contribution in [2.24, 2.45) is 0 Å². The number of nitrogens with one attached hydrogen (secondary N) is 1. The molecule has 3 N–H and O–H groups in total. The van der Waals surface area contributed by atoms with E-state index in [0.717, 1.165) is 53.8 Å². The second kappa shape index (κ2) is 10.2. The van der Waals surface area contributed by atoms with Crippen LogP contribution in [0.15, 0.2) is 54.3 Å². The maximum Gasteiger partial charge on any atom is 0.258 e. The number of amides is 1. The van der Waals surface area contributed by atoms with E-state index in [1.54, 1.807) is 17.6 Å². The maximum atomic E-state index is 15.1. The number of aryl methyl sites for hydroxylation is 1. The third kappa shape index (κ3) is 4.77. The molecule has 2 aromatic carbocycles. The van der Waals surface area contributed by atoms with E-state index in [0.29, 0.717) is 39.4 Å². The lowest BCUT2D eigenvalue weighted by Gasteiger charge is -2.34. The number of anilines is 3. The summed E-state index contributed by atoms with van der Waals surface area (Å²) in [7, 11) is 2.08. The summed E-state index contributed by atoms with van der Waals surface area (Å²) in [6.45, 7) is 5.42. The van der Waals surface area contributed by atoms with Crippen molar-refractivity contribution in [3.8, 4) is 0 Å². The van der Waals surface area contributed by atoms with Gasteiger partial charge in [-0.1, -0.05) is 18.2 Å². The lowest BCUT2D eigenvalue weighted by molar-refractivity contribution is 0.102. The number of halogens is 1. The Morgan fingerprint density at radius 3 is 2.69 bits per heavy atom. The highest BCUT2D eigenvalue weighted by molar-refractivity contribution is 7.18. The molecule has 39 heavy (non-hydrogen) atoms. The zero-order valence-electron chi connectivity index (χ0n) is 21.7. The van der Waals surface area contributed by atoms with Gasteiger partial charge in [0.2, 0.25) is 0 Å². The minimum atomic E-state index is -0.269. The molecule has 3 aromatic heterocycles. The Morgan fingerprint density at radius 2 is 1.90 bits per heavy atom. The van der Waals surface area contributed by atoms with Crippen LogP contribution in [-0.2, 0) is 6.42 Å². The number of carbonyl (C=O) groups excluding carboxylic acids is 1. The predicted molar refractivity (Wildman–Crippen MR) is 155 cm³/mol. The highest BCUT2D eigenvalue weighted by Gasteiger charge is 2.20. The molecule has 0 saturated carbocycles. The van der Waals surface area contributed by atoms with Crippen molar-refractivity contribution >= 4 is 55.4 Å². The smallest absolute Gasteiger partial charge is 0.258 e. The van der Waals surface area contributed by atoms with Crippen LogP contribution in [0.2, 0.25) is 0 Å². The number of hydrogen-bond donors (Lipinski definition) is 2. The average molecular weight is 542 g/mol. The fraction of sp³-hybridized carbons (Fsp3) is 0.241. The fourth-order valence-electron chi connectivity index (χ4n) is 5.10. The van der Waals surface area contributed by atoms with Gasteiger partial charge in [0, 0.05) is 54.9 Å². The first-order valence-corrected chi connectivity index (χ1v) is 13.6. The number of rotatable bonds is 5. The molecule has 5 aromatic rings. The molecule has 0 aliphatic carbocycles. The van der Waals surface area contributed by atoms with Crippen molar-refractivity contribution in [1.29, 1.82) is 0 Å². The molecule has 10 heteroatoms. The number of nitrogens with two attached hydrogens (primary N) is 1. The lowest BCUT2D eigenvalue weighted by Crippen LogP contribution is -2.44. The standard InChI is InChI=1S/C29H28FN7OS/c1-17-3-5-19-20(25(17)35-29(38)21-15-39-27-26(21)33-16-34-28(27)31)7-8-32-23(19)14-18-4-6-24(22(30)13-18)37-11-9-36(2)10-12-37/h3-8,13,15-16H,9-12,14H2,1-2H3,(H,35,38)(H2,31,33,34). The van der Waals surface area contributed by atoms with Crippen molar-refractivity contribution in [3.05, 3.63) is 82.5 Å². The van der Waals surface area contributed by atoms with Gasteiger partial charge in [0.1, 0.15) is 18.0 Å². The van der Waals surface area contributed by atoms with Crippen LogP contribution in [0.1, 0.15) is 27.2 Å². The number of aromatic nitrogens is 3. The first kappa shape index (κ1) is 25.1. The number of piperazine rings is 1. The monoisotopic (exact) mass is 541 g/mol. The number of benzene rings is 2. The van der Waals surface area contributed by atoms with Crippen molar-refractivity contribution < 1.29 is 9.18 Å².